The average Bonchev–Trinajstić information content (AvgIpc) is 3.10. The molecule has 1 atom stereocenters. The van der Waals surface area contributed by atoms with E-state index in [9.17, 15) is 4.79 Å². The van der Waals surface area contributed by atoms with Crippen LogP contribution in [0.2, 0.25) is 0 Å². The first kappa shape index (κ1) is 16.1. The summed E-state index contributed by atoms with van der Waals surface area (Å²) in [5.41, 5.74) is 3.60. The van der Waals surface area contributed by atoms with Crippen LogP contribution in [0.3, 0.4) is 0 Å². The van der Waals surface area contributed by atoms with E-state index < -0.39 is 0 Å². The number of nitrogens with zero attached hydrogens (tertiary/aromatic N) is 3. The number of pyridine rings is 1. The standard InChI is InChI=1S/C20H17N5OS/c26-15-8-3-7-14-17(15)18(12-5-4-10-21-11-12)24-19(22-14)25-20-23-13-6-1-2-9-16(13)27-20/h1-2,4-6,9-11,18H,3,7-8H2,(H2,22,23,24,25)/t18-/m1/s1. The van der Waals surface area contributed by atoms with E-state index >= 15 is 0 Å². The number of benzene rings is 1. The second kappa shape index (κ2) is 6.59. The largest absolute Gasteiger partial charge is 0.329 e. The maximum atomic E-state index is 12.6. The Morgan fingerprint density at radius 1 is 1.15 bits per heavy atom. The zero-order valence-electron chi connectivity index (χ0n) is 14.5. The summed E-state index contributed by atoms with van der Waals surface area (Å²) in [6.45, 7) is 0. The number of guanidine groups is 1. The van der Waals surface area contributed by atoms with Crippen LogP contribution >= 0.6 is 11.3 Å². The molecule has 27 heavy (non-hydrogen) atoms. The highest BCUT2D eigenvalue weighted by molar-refractivity contribution is 7.22. The van der Waals surface area contributed by atoms with E-state index in [1.165, 1.54) is 0 Å². The number of aromatic nitrogens is 2. The van der Waals surface area contributed by atoms with Crippen LogP contribution in [0.5, 0.6) is 0 Å². The van der Waals surface area contributed by atoms with Crippen molar-refractivity contribution in [2.45, 2.75) is 25.3 Å². The van der Waals surface area contributed by atoms with Gasteiger partial charge in [0.2, 0.25) is 5.96 Å². The molecule has 3 aromatic rings. The van der Waals surface area contributed by atoms with Crippen LogP contribution in [-0.4, -0.2) is 21.7 Å². The summed E-state index contributed by atoms with van der Waals surface area (Å²) < 4.78 is 1.12. The number of carbonyl (C=O) groups excluding carboxylic acids is 1. The van der Waals surface area contributed by atoms with Crippen molar-refractivity contribution >= 4 is 38.4 Å². The first-order valence-corrected chi connectivity index (χ1v) is 9.73. The van der Waals surface area contributed by atoms with Crippen molar-refractivity contribution in [1.29, 1.82) is 0 Å². The van der Waals surface area contributed by atoms with Crippen molar-refractivity contribution in [1.82, 2.24) is 15.3 Å². The fourth-order valence-corrected chi connectivity index (χ4v) is 4.41. The van der Waals surface area contributed by atoms with Gasteiger partial charge in [-0.2, -0.15) is 0 Å². The zero-order chi connectivity index (χ0) is 18.2. The molecule has 0 fully saturated rings. The lowest BCUT2D eigenvalue weighted by molar-refractivity contribution is -0.116. The van der Waals surface area contributed by atoms with E-state index in [0.717, 1.165) is 45.0 Å². The molecule has 2 N–H and O–H groups in total. The number of para-hydroxylation sites is 1. The quantitative estimate of drug-likeness (QED) is 0.712. The molecule has 0 saturated carbocycles. The van der Waals surface area contributed by atoms with Gasteiger partial charge < -0.3 is 10.6 Å². The van der Waals surface area contributed by atoms with E-state index in [4.69, 9.17) is 4.99 Å². The van der Waals surface area contributed by atoms with Crippen molar-refractivity contribution in [2.75, 3.05) is 5.32 Å². The topological polar surface area (TPSA) is 79.3 Å². The summed E-state index contributed by atoms with van der Waals surface area (Å²) in [6.07, 6.45) is 5.79. The van der Waals surface area contributed by atoms with Gasteiger partial charge in [0.25, 0.3) is 0 Å². The Labute approximate surface area is 160 Å². The third-order valence-corrected chi connectivity index (χ3v) is 5.73. The number of anilines is 1. The van der Waals surface area contributed by atoms with E-state index in [-0.39, 0.29) is 11.8 Å². The lowest BCUT2D eigenvalue weighted by atomic mass is 9.86. The fourth-order valence-electron chi connectivity index (χ4n) is 3.55. The summed E-state index contributed by atoms with van der Waals surface area (Å²) in [4.78, 5) is 26.2. The summed E-state index contributed by atoms with van der Waals surface area (Å²) >= 11 is 1.58. The van der Waals surface area contributed by atoms with Crippen LogP contribution in [0.1, 0.15) is 30.9 Å². The number of nitrogens with one attached hydrogen (secondary N) is 2. The van der Waals surface area contributed by atoms with Gasteiger partial charge in [-0.25, -0.2) is 9.98 Å². The van der Waals surface area contributed by atoms with Gasteiger partial charge in [0.15, 0.2) is 10.9 Å². The highest BCUT2D eigenvalue weighted by Gasteiger charge is 2.33. The summed E-state index contributed by atoms with van der Waals surface area (Å²) in [5.74, 6) is 0.789. The molecule has 6 nitrogen and oxygen atoms in total. The predicted molar refractivity (Wildman–Crippen MR) is 107 cm³/mol. The normalized spacial score (nSPS) is 19.5. The number of thiazole rings is 1. The number of fused-ring (bicyclic) bond motifs is 1. The van der Waals surface area contributed by atoms with Crippen LogP contribution < -0.4 is 10.6 Å². The lowest BCUT2D eigenvalue weighted by Crippen LogP contribution is -2.38. The molecule has 0 unspecified atom stereocenters. The van der Waals surface area contributed by atoms with E-state index in [0.29, 0.717) is 12.4 Å². The molecule has 5 rings (SSSR count). The molecule has 0 spiro atoms. The Balaban J connectivity index is 1.52. The van der Waals surface area contributed by atoms with E-state index in [1.807, 2.05) is 36.4 Å². The highest BCUT2D eigenvalue weighted by atomic mass is 32.1. The predicted octanol–water partition coefficient (Wildman–Crippen LogP) is 3.81. The Kier molecular flexibility index (Phi) is 3.94. The minimum absolute atomic E-state index is 0.167. The molecule has 0 amide bonds. The number of carbonyl (C=O) groups is 1. The van der Waals surface area contributed by atoms with Crippen LogP contribution in [0.25, 0.3) is 10.2 Å². The molecule has 1 aromatic carbocycles. The SMILES string of the molecule is O=C1CCCC2=C1[C@@H](c1cccnc1)N=C(Nc1nc3ccccc3s1)N2. The maximum absolute atomic E-state index is 12.6. The number of hydrogen-bond acceptors (Lipinski definition) is 7. The van der Waals surface area contributed by atoms with Gasteiger partial charge in [0, 0.05) is 30.1 Å². The number of allylic oxidation sites excluding steroid dienone is 1. The second-order valence-corrected chi connectivity index (χ2v) is 7.60. The number of ketones is 1. The molecule has 1 aliphatic heterocycles. The van der Waals surface area contributed by atoms with E-state index in [2.05, 4.69) is 20.6 Å². The number of Topliss-reactive ketones (excluding diaryl/α,β-unsaturated/α-hetero) is 1. The summed E-state index contributed by atoms with van der Waals surface area (Å²) in [5, 5.41) is 7.40. The van der Waals surface area contributed by atoms with Gasteiger partial charge in [-0.1, -0.05) is 29.5 Å². The van der Waals surface area contributed by atoms with Crippen LogP contribution in [0.15, 0.2) is 65.1 Å². The van der Waals surface area contributed by atoms with Crippen molar-refractivity contribution in [2.24, 2.45) is 4.99 Å². The summed E-state index contributed by atoms with van der Waals surface area (Å²) in [6, 6.07) is 11.5. The van der Waals surface area contributed by atoms with Crippen molar-refractivity contribution in [3.63, 3.8) is 0 Å². The van der Waals surface area contributed by atoms with Crippen LogP contribution in [-0.2, 0) is 4.79 Å². The second-order valence-electron chi connectivity index (χ2n) is 6.57. The number of aliphatic imine (C=N–C) groups is 1. The van der Waals surface area contributed by atoms with Gasteiger partial charge >= 0.3 is 0 Å². The molecule has 3 heterocycles. The molecule has 1 aliphatic carbocycles. The van der Waals surface area contributed by atoms with Gasteiger partial charge in [-0.3, -0.25) is 9.78 Å². The lowest BCUT2D eigenvalue weighted by Gasteiger charge is -2.30. The molecule has 134 valence electrons. The molecule has 0 saturated heterocycles. The molecular weight excluding hydrogens is 358 g/mol. The molecule has 2 aliphatic rings. The Hall–Kier alpha value is -3.06. The van der Waals surface area contributed by atoms with Gasteiger partial charge in [0.1, 0.15) is 6.04 Å². The monoisotopic (exact) mass is 375 g/mol. The van der Waals surface area contributed by atoms with E-state index in [1.54, 1.807) is 23.7 Å². The Bertz CT molecular complexity index is 1050. The molecule has 0 radical (unpaired) electrons. The van der Waals surface area contributed by atoms with Gasteiger partial charge in [-0.05, 0) is 36.6 Å². The van der Waals surface area contributed by atoms with Crippen molar-refractivity contribution in [3.8, 4) is 0 Å². The van der Waals surface area contributed by atoms with Gasteiger partial charge in [-0.15, -0.1) is 0 Å². The minimum Gasteiger partial charge on any atom is -0.329 e. The molecule has 7 heteroatoms. The Morgan fingerprint density at radius 3 is 2.93 bits per heavy atom. The molecule has 2 aromatic heterocycles. The summed E-state index contributed by atoms with van der Waals surface area (Å²) in [7, 11) is 0. The van der Waals surface area contributed by atoms with Crippen LogP contribution in [0.4, 0.5) is 5.13 Å². The van der Waals surface area contributed by atoms with Crippen molar-refractivity contribution in [3.05, 3.63) is 65.6 Å². The third kappa shape index (κ3) is 3.00. The Morgan fingerprint density at radius 2 is 2.07 bits per heavy atom. The highest BCUT2D eigenvalue weighted by Crippen LogP contribution is 2.36. The molecular formula is C20H17N5OS. The number of rotatable bonds is 2. The minimum atomic E-state index is -0.334. The zero-order valence-corrected chi connectivity index (χ0v) is 15.3. The maximum Gasteiger partial charge on any atom is 0.202 e. The van der Waals surface area contributed by atoms with Crippen molar-refractivity contribution < 1.29 is 4.79 Å². The first-order chi connectivity index (χ1) is 13.3. The fraction of sp³-hybridized carbons (Fsp3) is 0.200. The molecule has 0 bridgehead atoms. The van der Waals surface area contributed by atoms with Crippen LogP contribution in [0, 0.1) is 0 Å². The number of hydrogen-bond donors (Lipinski definition) is 2. The first-order valence-electron chi connectivity index (χ1n) is 8.91. The van der Waals surface area contributed by atoms with Gasteiger partial charge in [0.05, 0.1) is 10.2 Å². The third-order valence-electron chi connectivity index (χ3n) is 4.78. The average molecular weight is 375 g/mol. The smallest absolute Gasteiger partial charge is 0.202 e.